The number of primary amides is 1. The molecule has 0 rings (SSSR count). The molecule has 0 aliphatic rings. The predicted octanol–water partition coefficient (Wildman–Crippen LogP) is -0.567. The lowest BCUT2D eigenvalue weighted by molar-refractivity contribution is -0.142. The number of carboxylic acids is 1. The molecule has 7 N–H and O–H groups in total. The summed E-state index contributed by atoms with van der Waals surface area (Å²) < 4.78 is 0. The van der Waals surface area contributed by atoms with E-state index in [1.807, 2.05) is 20.1 Å². The number of nitrogens with one attached hydrogen (secondary N) is 2. The average Bonchev–Trinajstić information content (AvgIpc) is 2.53. The van der Waals surface area contributed by atoms with Gasteiger partial charge in [-0.25, -0.2) is 4.79 Å². The largest absolute Gasteiger partial charge is 0.480 e. The summed E-state index contributed by atoms with van der Waals surface area (Å²) in [6, 6.07) is -2.96. The van der Waals surface area contributed by atoms with Gasteiger partial charge in [0, 0.05) is 6.42 Å². The normalized spacial score (nSPS) is 14.3. The molecule has 0 aromatic rings. The van der Waals surface area contributed by atoms with E-state index >= 15 is 0 Å². The fourth-order valence-electron chi connectivity index (χ4n) is 2.21. The number of nitrogens with two attached hydrogens (primary N) is 2. The molecule has 0 aromatic carbocycles. The Balaban J connectivity index is 5.02. The van der Waals surface area contributed by atoms with Crippen LogP contribution >= 0.6 is 11.8 Å². The molecule has 0 saturated carbocycles. The van der Waals surface area contributed by atoms with Crippen molar-refractivity contribution in [1.29, 1.82) is 0 Å². The minimum atomic E-state index is -1.16. The molecule has 0 aromatic heterocycles. The fourth-order valence-corrected chi connectivity index (χ4v) is 2.69. The summed E-state index contributed by atoms with van der Waals surface area (Å²) in [7, 11) is 0. The van der Waals surface area contributed by atoms with Crippen LogP contribution in [0.2, 0.25) is 0 Å². The van der Waals surface area contributed by atoms with Crippen LogP contribution in [0.1, 0.15) is 39.5 Å². The topological polar surface area (TPSA) is 165 Å². The SMILES string of the molecule is CSCC[C@H](NC(=O)[C@H](CCC(N)=O)NC(=O)[C@@H](N)CC(C)C)C(=O)O. The van der Waals surface area contributed by atoms with Crippen molar-refractivity contribution >= 4 is 35.5 Å². The van der Waals surface area contributed by atoms with Crippen molar-refractivity contribution in [2.75, 3.05) is 12.0 Å². The van der Waals surface area contributed by atoms with Crippen molar-refractivity contribution in [3.63, 3.8) is 0 Å². The summed E-state index contributed by atoms with van der Waals surface area (Å²) >= 11 is 1.46. The van der Waals surface area contributed by atoms with E-state index in [9.17, 15) is 24.3 Å². The van der Waals surface area contributed by atoms with Gasteiger partial charge >= 0.3 is 5.97 Å². The van der Waals surface area contributed by atoms with Gasteiger partial charge in [0.1, 0.15) is 12.1 Å². The highest BCUT2D eigenvalue weighted by atomic mass is 32.2. The molecule has 0 aliphatic heterocycles. The van der Waals surface area contributed by atoms with Gasteiger partial charge < -0.3 is 27.2 Å². The van der Waals surface area contributed by atoms with E-state index in [2.05, 4.69) is 10.6 Å². The molecule has 0 heterocycles. The summed E-state index contributed by atoms with van der Waals surface area (Å²) in [6.07, 6.45) is 2.34. The Morgan fingerprint density at radius 2 is 1.62 bits per heavy atom. The molecule has 0 bridgehead atoms. The van der Waals surface area contributed by atoms with Gasteiger partial charge in [-0.2, -0.15) is 11.8 Å². The first-order valence-electron chi connectivity index (χ1n) is 8.44. The predicted molar refractivity (Wildman–Crippen MR) is 100 cm³/mol. The van der Waals surface area contributed by atoms with Crippen molar-refractivity contribution in [2.45, 2.75) is 57.7 Å². The molecule has 0 aliphatic carbocycles. The lowest BCUT2D eigenvalue weighted by atomic mass is 10.0. The van der Waals surface area contributed by atoms with Gasteiger partial charge in [-0.1, -0.05) is 13.8 Å². The lowest BCUT2D eigenvalue weighted by Gasteiger charge is -2.23. The monoisotopic (exact) mass is 390 g/mol. The third kappa shape index (κ3) is 10.2. The van der Waals surface area contributed by atoms with E-state index in [1.54, 1.807) is 0 Å². The van der Waals surface area contributed by atoms with Gasteiger partial charge in [0.25, 0.3) is 0 Å². The number of rotatable bonds is 13. The van der Waals surface area contributed by atoms with E-state index < -0.39 is 41.8 Å². The van der Waals surface area contributed by atoms with Crippen molar-refractivity contribution in [1.82, 2.24) is 10.6 Å². The Bertz CT molecular complexity index is 501. The van der Waals surface area contributed by atoms with Crippen LogP contribution in [0.5, 0.6) is 0 Å². The number of hydrogen-bond donors (Lipinski definition) is 5. The van der Waals surface area contributed by atoms with Crippen LogP contribution in [-0.4, -0.2) is 58.9 Å². The van der Waals surface area contributed by atoms with E-state index in [4.69, 9.17) is 11.5 Å². The summed E-state index contributed by atoms with van der Waals surface area (Å²) in [5.41, 5.74) is 10.9. The zero-order valence-corrected chi connectivity index (χ0v) is 16.3. The van der Waals surface area contributed by atoms with Gasteiger partial charge in [-0.15, -0.1) is 0 Å². The first-order valence-corrected chi connectivity index (χ1v) is 9.84. The van der Waals surface area contributed by atoms with Crippen LogP contribution in [0, 0.1) is 5.92 Å². The molecule has 0 spiro atoms. The van der Waals surface area contributed by atoms with Gasteiger partial charge in [0.2, 0.25) is 17.7 Å². The quantitative estimate of drug-likeness (QED) is 0.281. The van der Waals surface area contributed by atoms with Crippen molar-refractivity contribution in [3.8, 4) is 0 Å². The number of hydrogen-bond acceptors (Lipinski definition) is 6. The van der Waals surface area contributed by atoms with Crippen LogP contribution in [0.15, 0.2) is 0 Å². The maximum atomic E-state index is 12.4. The molecule has 3 atom stereocenters. The standard InChI is InChI=1S/C16H30N4O5S/c1-9(2)8-10(17)14(22)19-11(4-5-13(18)21)15(23)20-12(16(24)25)6-7-26-3/h9-12H,4-8,17H2,1-3H3,(H2,18,21)(H,19,22)(H,20,23)(H,24,25)/t10-,11-,12-/m0/s1. The van der Waals surface area contributed by atoms with Gasteiger partial charge in [0.15, 0.2) is 0 Å². The Hall–Kier alpha value is -1.81. The van der Waals surface area contributed by atoms with Gasteiger partial charge in [-0.05, 0) is 37.2 Å². The second-order valence-electron chi connectivity index (χ2n) is 6.48. The zero-order chi connectivity index (χ0) is 20.3. The fraction of sp³-hybridized carbons (Fsp3) is 0.750. The minimum Gasteiger partial charge on any atom is -0.480 e. The van der Waals surface area contributed by atoms with Crippen molar-refractivity contribution in [3.05, 3.63) is 0 Å². The van der Waals surface area contributed by atoms with E-state index in [0.717, 1.165) is 0 Å². The summed E-state index contributed by atoms with van der Waals surface area (Å²) in [5, 5.41) is 14.1. The van der Waals surface area contributed by atoms with Crippen LogP contribution in [0.25, 0.3) is 0 Å². The molecule has 9 nitrogen and oxygen atoms in total. The van der Waals surface area contributed by atoms with Crippen LogP contribution < -0.4 is 22.1 Å². The highest BCUT2D eigenvalue weighted by Gasteiger charge is 2.28. The molecule has 0 unspecified atom stereocenters. The second-order valence-corrected chi connectivity index (χ2v) is 7.47. The summed E-state index contributed by atoms with van der Waals surface area (Å²) in [5.74, 6) is -2.25. The van der Waals surface area contributed by atoms with Crippen molar-refractivity contribution < 1.29 is 24.3 Å². The molecule has 10 heteroatoms. The first kappa shape index (κ1) is 24.2. The number of carbonyl (C=O) groups is 4. The molecule has 3 amide bonds. The maximum absolute atomic E-state index is 12.4. The maximum Gasteiger partial charge on any atom is 0.326 e. The van der Waals surface area contributed by atoms with Crippen LogP contribution in [0.4, 0.5) is 0 Å². The van der Waals surface area contributed by atoms with Gasteiger partial charge in [-0.3, -0.25) is 14.4 Å². The Kier molecular flexibility index (Phi) is 11.7. The van der Waals surface area contributed by atoms with Crippen LogP contribution in [-0.2, 0) is 19.2 Å². The summed E-state index contributed by atoms with van der Waals surface area (Å²) in [6.45, 7) is 3.82. The van der Waals surface area contributed by atoms with Crippen LogP contribution in [0.3, 0.4) is 0 Å². The van der Waals surface area contributed by atoms with E-state index in [1.165, 1.54) is 11.8 Å². The zero-order valence-electron chi connectivity index (χ0n) is 15.5. The Morgan fingerprint density at radius 1 is 1.04 bits per heavy atom. The van der Waals surface area contributed by atoms with E-state index in [0.29, 0.717) is 12.2 Å². The molecule has 0 saturated heterocycles. The molecular formula is C16H30N4O5S. The molecule has 0 fully saturated rings. The summed E-state index contributed by atoms with van der Waals surface area (Å²) in [4.78, 5) is 46.9. The number of thioether (sulfide) groups is 1. The van der Waals surface area contributed by atoms with Gasteiger partial charge in [0.05, 0.1) is 6.04 Å². The highest BCUT2D eigenvalue weighted by molar-refractivity contribution is 7.98. The Labute approximate surface area is 158 Å². The number of aliphatic carboxylic acids is 1. The number of carboxylic acid groups (broad SMARTS) is 1. The first-order chi connectivity index (χ1) is 12.1. The third-order valence-corrected chi connectivity index (χ3v) is 4.24. The molecule has 0 radical (unpaired) electrons. The van der Waals surface area contributed by atoms with E-state index in [-0.39, 0.29) is 25.2 Å². The molecular weight excluding hydrogens is 360 g/mol. The molecule has 150 valence electrons. The number of amides is 3. The molecule has 26 heavy (non-hydrogen) atoms. The number of carbonyl (C=O) groups excluding carboxylic acids is 3. The smallest absolute Gasteiger partial charge is 0.326 e. The lowest BCUT2D eigenvalue weighted by Crippen LogP contribution is -2.54. The Morgan fingerprint density at radius 3 is 2.08 bits per heavy atom. The van der Waals surface area contributed by atoms with Crippen molar-refractivity contribution in [2.24, 2.45) is 17.4 Å². The highest BCUT2D eigenvalue weighted by Crippen LogP contribution is 2.06. The minimum absolute atomic E-state index is 0.0316. The second kappa shape index (κ2) is 12.5. The third-order valence-electron chi connectivity index (χ3n) is 3.60. The average molecular weight is 391 g/mol.